The molecule has 1 aromatic carbocycles. The van der Waals surface area contributed by atoms with E-state index in [1.807, 2.05) is 39.8 Å². The number of hydrogen-bond donors (Lipinski definition) is 0. The lowest BCUT2D eigenvalue weighted by Crippen LogP contribution is -2.09. The number of ketones is 1. The van der Waals surface area contributed by atoms with Crippen LogP contribution in [0.15, 0.2) is 24.8 Å². The van der Waals surface area contributed by atoms with Crippen molar-refractivity contribution in [3.63, 3.8) is 0 Å². The Hall–Kier alpha value is -1.57. The molecular weight excluding hydrogens is 212 g/mol. The molecule has 0 bridgehead atoms. The molecule has 17 heavy (non-hydrogen) atoms. The molecular formula is C15H20O2. The van der Waals surface area contributed by atoms with Crippen molar-refractivity contribution in [1.29, 1.82) is 0 Å². The Morgan fingerprint density at radius 1 is 1.35 bits per heavy atom. The van der Waals surface area contributed by atoms with E-state index >= 15 is 0 Å². The van der Waals surface area contributed by atoms with Gasteiger partial charge in [-0.3, -0.25) is 4.79 Å². The molecule has 0 radical (unpaired) electrons. The fourth-order valence-electron chi connectivity index (χ4n) is 1.80. The first-order chi connectivity index (χ1) is 7.97. The Morgan fingerprint density at radius 2 is 1.88 bits per heavy atom. The number of hydrogen-bond acceptors (Lipinski definition) is 2. The van der Waals surface area contributed by atoms with Gasteiger partial charge in [0.2, 0.25) is 0 Å². The van der Waals surface area contributed by atoms with E-state index in [0.29, 0.717) is 6.61 Å². The number of aryl methyl sites for hydroxylation is 2. The Balaban J connectivity index is 3.08. The van der Waals surface area contributed by atoms with Gasteiger partial charge in [0.15, 0.2) is 5.78 Å². The van der Waals surface area contributed by atoms with Gasteiger partial charge in [0.25, 0.3) is 0 Å². The van der Waals surface area contributed by atoms with Crippen molar-refractivity contribution in [2.24, 2.45) is 5.92 Å². The van der Waals surface area contributed by atoms with Gasteiger partial charge in [-0.15, -0.1) is 0 Å². The Kier molecular flexibility index (Phi) is 4.50. The van der Waals surface area contributed by atoms with Crippen LogP contribution in [0.25, 0.3) is 0 Å². The van der Waals surface area contributed by atoms with Gasteiger partial charge in [-0.05, 0) is 37.1 Å². The molecule has 0 heterocycles. The Morgan fingerprint density at radius 3 is 2.29 bits per heavy atom. The predicted octanol–water partition coefficient (Wildman–Crippen LogP) is 3.71. The second-order valence-electron chi connectivity index (χ2n) is 4.56. The smallest absolute Gasteiger partial charge is 0.165 e. The van der Waals surface area contributed by atoms with Crippen LogP contribution in [0.4, 0.5) is 0 Å². The van der Waals surface area contributed by atoms with Crippen molar-refractivity contribution in [2.75, 3.05) is 6.61 Å². The summed E-state index contributed by atoms with van der Waals surface area (Å²) in [6.45, 7) is 11.9. The summed E-state index contributed by atoms with van der Waals surface area (Å²) in [4.78, 5) is 11.9. The van der Waals surface area contributed by atoms with Gasteiger partial charge in [0.1, 0.15) is 12.4 Å². The third-order valence-electron chi connectivity index (χ3n) is 2.61. The summed E-state index contributed by atoms with van der Waals surface area (Å²) in [6.07, 6.45) is 1.71. The molecule has 0 saturated heterocycles. The number of ether oxygens (including phenoxy) is 1. The highest BCUT2D eigenvalue weighted by Crippen LogP contribution is 2.26. The molecule has 0 amide bonds. The van der Waals surface area contributed by atoms with E-state index in [-0.39, 0.29) is 11.7 Å². The van der Waals surface area contributed by atoms with Crippen LogP contribution in [0.2, 0.25) is 0 Å². The van der Waals surface area contributed by atoms with Crippen molar-refractivity contribution in [1.82, 2.24) is 0 Å². The van der Waals surface area contributed by atoms with Crippen molar-refractivity contribution < 1.29 is 9.53 Å². The summed E-state index contributed by atoms with van der Waals surface area (Å²) in [5.41, 5.74) is 2.76. The molecule has 92 valence electrons. The molecule has 0 saturated carbocycles. The molecule has 1 aromatic rings. The van der Waals surface area contributed by atoms with E-state index in [2.05, 4.69) is 6.58 Å². The SMILES string of the molecule is C=CCOc1c(C)cc(C(=O)C(C)C)cc1C. The monoisotopic (exact) mass is 232 g/mol. The number of carbonyl (C=O) groups excluding carboxylic acids is 1. The van der Waals surface area contributed by atoms with E-state index in [4.69, 9.17) is 4.74 Å². The van der Waals surface area contributed by atoms with Crippen molar-refractivity contribution in [3.8, 4) is 5.75 Å². The minimum Gasteiger partial charge on any atom is -0.489 e. The van der Waals surface area contributed by atoms with Crippen LogP contribution >= 0.6 is 0 Å². The first-order valence-corrected chi connectivity index (χ1v) is 5.86. The summed E-state index contributed by atoms with van der Waals surface area (Å²) in [5.74, 6) is 1.05. The summed E-state index contributed by atoms with van der Waals surface area (Å²) >= 11 is 0. The normalized spacial score (nSPS) is 10.4. The number of benzene rings is 1. The first-order valence-electron chi connectivity index (χ1n) is 5.86. The minimum absolute atomic E-state index is 0.0220. The Bertz CT molecular complexity index is 408. The number of Topliss-reactive ketones (excluding diaryl/α,β-unsaturated/α-hetero) is 1. The topological polar surface area (TPSA) is 26.3 Å². The highest BCUT2D eigenvalue weighted by atomic mass is 16.5. The van der Waals surface area contributed by atoms with Crippen molar-refractivity contribution >= 4 is 5.78 Å². The van der Waals surface area contributed by atoms with Gasteiger partial charge in [0.05, 0.1) is 0 Å². The maximum atomic E-state index is 11.9. The van der Waals surface area contributed by atoms with Gasteiger partial charge < -0.3 is 4.74 Å². The quantitative estimate of drug-likeness (QED) is 0.571. The first kappa shape index (κ1) is 13.5. The maximum absolute atomic E-state index is 11.9. The second kappa shape index (κ2) is 5.67. The molecule has 0 spiro atoms. The fraction of sp³-hybridized carbons (Fsp3) is 0.400. The fourth-order valence-corrected chi connectivity index (χ4v) is 1.80. The van der Waals surface area contributed by atoms with Crippen LogP contribution in [0, 0.1) is 19.8 Å². The lowest BCUT2D eigenvalue weighted by Gasteiger charge is -2.13. The lowest BCUT2D eigenvalue weighted by molar-refractivity contribution is 0.0939. The average Bonchev–Trinajstić information content (AvgIpc) is 2.26. The maximum Gasteiger partial charge on any atom is 0.165 e. The van der Waals surface area contributed by atoms with Crippen LogP contribution in [0.1, 0.15) is 35.3 Å². The van der Waals surface area contributed by atoms with Crippen molar-refractivity contribution in [3.05, 3.63) is 41.5 Å². The van der Waals surface area contributed by atoms with Gasteiger partial charge in [0, 0.05) is 11.5 Å². The molecule has 0 aromatic heterocycles. The van der Waals surface area contributed by atoms with Gasteiger partial charge in [-0.2, -0.15) is 0 Å². The van der Waals surface area contributed by atoms with Gasteiger partial charge in [-0.25, -0.2) is 0 Å². The molecule has 0 aliphatic rings. The van der Waals surface area contributed by atoms with E-state index in [9.17, 15) is 4.79 Å². The molecule has 0 fully saturated rings. The third-order valence-corrected chi connectivity index (χ3v) is 2.61. The molecule has 0 aliphatic heterocycles. The van der Waals surface area contributed by atoms with E-state index in [0.717, 1.165) is 22.4 Å². The molecule has 2 nitrogen and oxygen atoms in total. The van der Waals surface area contributed by atoms with E-state index in [1.165, 1.54) is 0 Å². The number of rotatable bonds is 5. The molecule has 0 N–H and O–H groups in total. The molecule has 0 aliphatic carbocycles. The Labute approximate surface area is 103 Å². The standard InChI is InChI=1S/C15H20O2/c1-6-7-17-15-11(4)8-13(9-12(15)5)14(16)10(2)3/h6,8-10H,1,7H2,2-5H3. The minimum atomic E-state index is 0.0220. The number of carbonyl (C=O) groups is 1. The molecule has 0 atom stereocenters. The van der Waals surface area contributed by atoms with Crippen LogP contribution in [-0.2, 0) is 0 Å². The van der Waals surface area contributed by atoms with Crippen molar-refractivity contribution in [2.45, 2.75) is 27.7 Å². The average molecular weight is 232 g/mol. The molecule has 2 heteroatoms. The van der Waals surface area contributed by atoms with Crippen LogP contribution in [0.5, 0.6) is 5.75 Å². The summed E-state index contributed by atoms with van der Waals surface area (Å²) in [6, 6.07) is 3.79. The van der Waals surface area contributed by atoms with Crippen LogP contribution < -0.4 is 4.74 Å². The summed E-state index contributed by atoms with van der Waals surface area (Å²) in [7, 11) is 0. The van der Waals surface area contributed by atoms with E-state index < -0.39 is 0 Å². The highest BCUT2D eigenvalue weighted by Gasteiger charge is 2.14. The zero-order chi connectivity index (χ0) is 13.0. The van der Waals surface area contributed by atoms with Crippen LogP contribution in [-0.4, -0.2) is 12.4 Å². The second-order valence-corrected chi connectivity index (χ2v) is 4.56. The lowest BCUT2D eigenvalue weighted by atomic mass is 9.97. The van der Waals surface area contributed by atoms with Gasteiger partial charge >= 0.3 is 0 Å². The summed E-state index contributed by atoms with van der Waals surface area (Å²) < 4.78 is 5.58. The van der Waals surface area contributed by atoms with Gasteiger partial charge in [-0.1, -0.05) is 26.5 Å². The zero-order valence-electron chi connectivity index (χ0n) is 11.0. The predicted molar refractivity (Wildman–Crippen MR) is 70.8 cm³/mol. The molecule has 0 unspecified atom stereocenters. The van der Waals surface area contributed by atoms with E-state index in [1.54, 1.807) is 6.08 Å². The highest BCUT2D eigenvalue weighted by molar-refractivity contribution is 5.98. The largest absolute Gasteiger partial charge is 0.489 e. The zero-order valence-corrected chi connectivity index (χ0v) is 11.0. The van der Waals surface area contributed by atoms with Crippen LogP contribution in [0.3, 0.4) is 0 Å². The summed E-state index contributed by atoms with van der Waals surface area (Å²) in [5, 5.41) is 0. The third kappa shape index (κ3) is 3.19. The molecule has 1 rings (SSSR count).